The summed E-state index contributed by atoms with van der Waals surface area (Å²) in [6.45, 7) is 6.08. The summed E-state index contributed by atoms with van der Waals surface area (Å²) in [6.07, 6.45) is 0.915. The summed E-state index contributed by atoms with van der Waals surface area (Å²) in [4.78, 5) is 2.39. The normalized spacial score (nSPS) is 17.2. The zero-order valence-corrected chi connectivity index (χ0v) is 19.1. The molecule has 0 bridgehead atoms. The highest BCUT2D eigenvalue weighted by Gasteiger charge is 2.26. The van der Waals surface area contributed by atoms with Gasteiger partial charge in [0.05, 0.1) is 29.8 Å². The molecule has 0 saturated carbocycles. The first-order valence-electron chi connectivity index (χ1n) is 9.68. The molecule has 30 heavy (non-hydrogen) atoms. The Bertz CT molecular complexity index is 997. The fourth-order valence-corrected chi connectivity index (χ4v) is 4.58. The number of hydrogen-bond donors (Lipinski definition) is 1. The van der Waals surface area contributed by atoms with Gasteiger partial charge in [-0.2, -0.15) is 0 Å². The van der Waals surface area contributed by atoms with Crippen molar-refractivity contribution in [2.45, 2.75) is 37.3 Å². The van der Waals surface area contributed by atoms with E-state index in [0.717, 1.165) is 19.5 Å². The van der Waals surface area contributed by atoms with Gasteiger partial charge in [0.1, 0.15) is 11.9 Å². The first-order valence-corrected chi connectivity index (χ1v) is 11.5. The van der Waals surface area contributed by atoms with E-state index in [9.17, 15) is 8.42 Å². The molecule has 1 N–H and O–H groups in total. The Kier molecular flexibility index (Phi) is 7.00. The molecule has 2 aromatic rings. The fourth-order valence-electron chi connectivity index (χ4n) is 3.35. The van der Waals surface area contributed by atoms with E-state index in [1.165, 1.54) is 26.4 Å². The van der Waals surface area contributed by atoms with Gasteiger partial charge in [-0.05, 0) is 44.5 Å². The van der Waals surface area contributed by atoms with Crippen LogP contribution in [-0.2, 0) is 10.0 Å². The number of methoxy groups -OCH3 is 2. The molecule has 164 valence electrons. The lowest BCUT2D eigenvalue weighted by molar-refractivity contribution is 0.187. The zero-order valence-electron chi connectivity index (χ0n) is 17.5. The molecule has 1 aliphatic rings. The number of benzene rings is 2. The van der Waals surface area contributed by atoms with Crippen molar-refractivity contribution in [3.05, 3.63) is 41.4 Å². The lowest BCUT2D eigenvalue weighted by Crippen LogP contribution is -2.30. The Morgan fingerprint density at radius 1 is 1.07 bits per heavy atom. The Labute approximate surface area is 182 Å². The van der Waals surface area contributed by atoms with Crippen LogP contribution in [0.2, 0.25) is 5.02 Å². The van der Waals surface area contributed by atoms with E-state index in [0.29, 0.717) is 34.0 Å². The average molecular weight is 455 g/mol. The fraction of sp³-hybridized carbons (Fsp3) is 0.429. The van der Waals surface area contributed by atoms with Gasteiger partial charge in [0.2, 0.25) is 0 Å². The van der Waals surface area contributed by atoms with E-state index in [2.05, 4.69) is 23.5 Å². The van der Waals surface area contributed by atoms with E-state index < -0.39 is 10.0 Å². The minimum Gasteiger partial charge on any atom is -0.493 e. The highest BCUT2D eigenvalue weighted by atomic mass is 35.5. The summed E-state index contributed by atoms with van der Waals surface area (Å²) in [5, 5.41) is 0.437. The monoisotopic (exact) mass is 454 g/mol. The summed E-state index contributed by atoms with van der Waals surface area (Å²) < 4.78 is 44.7. The number of halogens is 1. The SMILES string of the molecule is COc1ccc(S(=O)(=O)Nc2ccc(Cl)c(OC3CCN(C(C)C)C3)c2)cc1OC. The van der Waals surface area contributed by atoms with Crippen LogP contribution in [0.5, 0.6) is 17.2 Å². The molecular formula is C21H27ClN2O5S. The minimum atomic E-state index is -3.84. The third-order valence-electron chi connectivity index (χ3n) is 5.05. The second-order valence-electron chi connectivity index (χ2n) is 7.38. The summed E-state index contributed by atoms with van der Waals surface area (Å²) >= 11 is 6.29. The lowest BCUT2D eigenvalue weighted by atomic mass is 10.3. The topological polar surface area (TPSA) is 77.1 Å². The van der Waals surface area contributed by atoms with Crippen LogP contribution in [0.25, 0.3) is 0 Å². The van der Waals surface area contributed by atoms with Gasteiger partial charge in [-0.15, -0.1) is 0 Å². The average Bonchev–Trinajstić information content (AvgIpc) is 3.18. The van der Waals surface area contributed by atoms with Gasteiger partial charge in [-0.3, -0.25) is 9.62 Å². The van der Waals surface area contributed by atoms with Gasteiger partial charge in [0, 0.05) is 31.3 Å². The predicted molar refractivity (Wildman–Crippen MR) is 118 cm³/mol. The lowest BCUT2D eigenvalue weighted by Gasteiger charge is -2.21. The van der Waals surface area contributed by atoms with Crippen molar-refractivity contribution in [1.82, 2.24) is 4.90 Å². The largest absolute Gasteiger partial charge is 0.493 e. The minimum absolute atomic E-state index is 0.0163. The van der Waals surface area contributed by atoms with E-state index in [1.807, 2.05) is 0 Å². The zero-order chi connectivity index (χ0) is 21.9. The number of sulfonamides is 1. The number of hydrogen-bond acceptors (Lipinski definition) is 6. The number of nitrogens with one attached hydrogen (secondary N) is 1. The van der Waals surface area contributed by atoms with Crippen LogP contribution in [0, 0.1) is 0 Å². The van der Waals surface area contributed by atoms with Crippen molar-refractivity contribution >= 4 is 27.3 Å². The molecule has 9 heteroatoms. The van der Waals surface area contributed by atoms with Crippen LogP contribution in [0.4, 0.5) is 5.69 Å². The maximum atomic E-state index is 12.8. The Morgan fingerprint density at radius 3 is 2.43 bits per heavy atom. The predicted octanol–water partition coefficient (Wildman–Crippen LogP) is 4.02. The van der Waals surface area contributed by atoms with Gasteiger partial charge in [0.15, 0.2) is 11.5 Å². The van der Waals surface area contributed by atoms with Gasteiger partial charge >= 0.3 is 0 Å². The molecule has 1 fully saturated rings. The van der Waals surface area contributed by atoms with Crippen LogP contribution in [0.3, 0.4) is 0 Å². The summed E-state index contributed by atoms with van der Waals surface area (Å²) in [5.74, 6) is 1.24. The Morgan fingerprint density at radius 2 is 1.80 bits per heavy atom. The third kappa shape index (κ3) is 5.11. The van der Waals surface area contributed by atoms with Crippen molar-refractivity contribution < 1.29 is 22.6 Å². The molecule has 1 aliphatic heterocycles. The van der Waals surface area contributed by atoms with Crippen LogP contribution in [-0.4, -0.2) is 52.8 Å². The molecule has 1 heterocycles. The van der Waals surface area contributed by atoms with Gasteiger partial charge in [-0.1, -0.05) is 11.6 Å². The maximum Gasteiger partial charge on any atom is 0.262 e. The molecule has 0 radical (unpaired) electrons. The van der Waals surface area contributed by atoms with Crippen LogP contribution >= 0.6 is 11.6 Å². The molecule has 3 rings (SSSR count). The van der Waals surface area contributed by atoms with Crippen molar-refractivity contribution in [3.8, 4) is 17.2 Å². The summed E-state index contributed by atoms with van der Waals surface area (Å²) in [5.41, 5.74) is 0.364. The number of likely N-dealkylation sites (tertiary alicyclic amines) is 1. The maximum absolute atomic E-state index is 12.8. The Hall–Kier alpha value is -2.16. The second-order valence-corrected chi connectivity index (χ2v) is 9.47. The second kappa shape index (κ2) is 9.32. The van der Waals surface area contributed by atoms with Crippen LogP contribution in [0.15, 0.2) is 41.3 Å². The van der Waals surface area contributed by atoms with Crippen molar-refractivity contribution in [3.63, 3.8) is 0 Å². The first kappa shape index (κ1) is 22.5. The number of rotatable bonds is 8. The quantitative estimate of drug-likeness (QED) is 0.649. The molecule has 1 saturated heterocycles. The smallest absolute Gasteiger partial charge is 0.262 e. The molecule has 0 amide bonds. The van der Waals surface area contributed by atoms with E-state index >= 15 is 0 Å². The molecule has 7 nitrogen and oxygen atoms in total. The van der Waals surface area contributed by atoms with Gasteiger partial charge < -0.3 is 14.2 Å². The van der Waals surface area contributed by atoms with Crippen LogP contribution in [0.1, 0.15) is 20.3 Å². The molecule has 0 aliphatic carbocycles. The molecule has 0 spiro atoms. The van der Waals surface area contributed by atoms with Crippen LogP contribution < -0.4 is 18.9 Å². The van der Waals surface area contributed by atoms with E-state index in [4.69, 9.17) is 25.8 Å². The number of anilines is 1. The van der Waals surface area contributed by atoms with E-state index in [-0.39, 0.29) is 11.0 Å². The number of ether oxygens (including phenoxy) is 3. The third-order valence-corrected chi connectivity index (χ3v) is 6.74. The van der Waals surface area contributed by atoms with Crippen molar-refractivity contribution in [1.29, 1.82) is 0 Å². The standard InChI is InChI=1S/C21H27ClN2O5S/c1-14(2)24-10-9-16(13-24)29-20-11-15(5-7-18(20)22)23-30(25,26)17-6-8-19(27-3)21(12-17)28-4/h5-8,11-12,14,16,23H,9-10,13H2,1-4H3. The summed E-state index contributed by atoms with van der Waals surface area (Å²) in [7, 11) is -0.898. The van der Waals surface area contributed by atoms with Crippen molar-refractivity contribution in [2.75, 3.05) is 32.0 Å². The highest BCUT2D eigenvalue weighted by Crippen LogP contribution is 2.33. The first-order chi connectivity index (χ1) is 14.2. The Balaban J connectivity index is 1.77. The summed E-state index contributed by atoms with van der Waals surface area (Å²) in [6, 6.07) is 9.70. The molecule has 2 aromatic carbocycles. The van der Waals surface area contributed by atoms with Gasteiger partial charge in [-0.25, -0.2) is 8.42 Å². The number of nitrogens with zero attached hydrogens (tertiary/aromatic N) is 1. The molecule has 1 atom stereocenters. The molecule has 0 aromatic heterocycles. The van der Waals surface area contributed by atoms with Gasteiger partial charge in [0.25, 0.3) is 10.0 Å². The molecular weight excluding hydrogens is 428 g/mol. The van der Waals surface area contributed by atoms with Crippen molar-refractivity contribution in [2.24, 2.45) is 0 Å². The van der Waals surface area contributed by atoms with E-state index in [1.54, 1.807) is 24.3 Å². The molecule has 1 unspecified atom stereocenters. The highest BCUT2D eigenvalue weighted by molar-refractivity contribution is 7.92.